The molecule has 0 bridgehead atoms. The Balaban J connectivity index is 1.40. The second-order valence-corrected chi connectivity index (χ2v) is 8.37. The number of nitrogens with one attached hydrogen (secondary N) is 1. The van der Waals surface area contributed by atoms with E-state index in [1.165, 1.54) is 17.7 Å². The van der Waals surface area contributed by atoms with Crippen LogP contribution in [-0.4, -0.2) is 24.9 Å². The maximum Gasteiger partial charge on any atom is 0.227 e. The first-order valence-corrected chi connectivity index (χ1v) is 10.2. The van der Waals surface area contributed by atoms with Gasteiger partial charge in [-0.25, -0.2) is 0 Å². The van der Waals surface area contributed by atoms with Crippen LogP contribution in [0.2, 0.25) is 0 Å². The first-order valence-electron chi connectivity index (χ1n) is 9.35. The van der Waals surface area contributed by atoms with Crippen molar-refractivity contribution in [3.05, 3.63) is 52.7 Å². The molecule has 1 N–H and O–H groups in total. The molecule has 2 heterocycles. The summed E-state index contributed by atoms with van der Waals surface area (Å²) in [5, 5.41) is 5.29. The van der Waals surface area contributed by atoms with Gasteiger partial charge in [-0.05, 0) is 36.4 Å². The van der Waals surface area contributed by atoms with Crippen LogP contribution < -0.4 is 10.2 Å². The third-order valence-electron chi connectivity index (χ3n) is 5.77. The number of carbonyl (C=O) groups excluding carboxylic acids is 2. The predicted octanol–water partition coefficient (Wildman–Crippen LogP) is 3.73. The van der Waals surface area contributed by atoms with Crippen LogP contribution in [0.1, 0.15) is 37.0 Å². The van der Waals surface area contributed by atoms with E-state index in [0.29, 0.717) is 19.5 Å². The smallest absolute Gasteiger partial charge is 0.227 e. The summed E-state index contributed by atoms with van der Waals surface area (Å²) in [5.74, 6) is -0.214. The number of hydrogen-bond donors (Lipinski definition) is 1. The van der Waals surface area contributed by atoms with Gasteiger partial charge in [-0.1, -0.05) is 37.1 Å². The van der Waals surface area contributed by atoms with Crippen molar-refractivity contribution in [3.63, 3.8) is 0 Å². The highest BCUT2D eigenvalue weighted by atomic mass is 32.1. The van der Waals surface area contributed by atoms with Gasteiger partial charge < -0.3 is 10.2 Å². The van der Waals surface area contributed by atoms with E-state index in [9.17, 15) is 9.59 Å². The lowest BCUT2D eigenvalue weighted by Gasteiger charge is -2.28. The lowest BCUT2D eigenvalue weighted by Crippen LogP contribution is -2.41. The van der Waals surface area contributed by atoms with E-state index in [4.69, 9.17) is 0 Å². The molecule has 1 unspecified atom stereocenters. The molecule has 1 aliphatic heterocycles. The van der Waals surface area contributed by atoms with E-state index < -0.39 is 0 Å². The molecule has 26 heavy (non-hydrogen) atoms. The van der Waals surface area contributed by atoms with E-state index in [1.54, 1.807) is 16.2 Å². The number of nitrogens with zero attached hydrogens (tertiary/aromatic N) is 1. The Bertz CT molecular complexity index is 767. The minimum atomic E-state index is -0.260. The number of hydrogen-bond acceptors (Lipinski definition) is 3. The molecule has 1 aliphatic carbocycles. The van der Waals surface area contributed by atoms with Gasteiger partial charge in [0.2, 0.25) is 11.8 Å². The van der Waals surface area contributed by atoms with Crippen LogP contribution in [0.4, 0.5) is 5.69 Å². The number of thiophene rings is 1. The predicted molar refractivity (Wildman–Crippen MR) is 104 cm³/mol. The SMILES string of the molecule is O=C(NCC1(c2cccs2)CCCC1)C1CC(=O)N(c2ccccc2)C1. The van der Waals surface area contributed by atoms with Gasteiger partial charge in [0.05, 0.1) is 5.92 Å². The van der Waals surface area contributed by atoms with Crippen LogP contribution >= 0.6 is 11.3 Å². The Morgan fingerprint density at radius 3 is 2.62 bits per heavy atom. The van der Waals surface area contributed by atoms with Crippen molar-refractivity contribution in [3.8, 4) is 0 Å². The zero-order valence-electron chi connectivity index (χ0n) is 14.8. The van der Waals surface area contributed by atoms with Gasteiger partial charge in [0, 0.05) is 35.5 Å². The third kappa shape index (κ3) is 3.28. The Morgan fingerprint density at radius 2 is 1.92 bits per heavy atom. The van der Waals surface area contributed by atoms with E-state index in [2.05, 4.69) is 22.8 Å². The molecule has 4 rings (SSSR count). The second-order valence-electron chi connectivity index (χ2n) is 7.42. The minimum Gasteiger partial charge on any atom is -0.355 e. The van der Waals surface area contributed by atoms with Crippen molar-refractivity contribution >= 4 is 28.8 Å². The standard InChI is InChI=1S/C21H24N2O2S/c24-19-13-16(14-23(19)17-7-2-1-3-8-17)20(25)22-15-21(10-4-5-11-21)18-9-6-12-26-18/h1-3,6-9,12,16H,4-5,10-11,13-15H2,(H,22,25). The summed E-state index contributed by atoms with van der Waals surface area (Å²) in [7, 11) is 0. The lowest BCUT2D eigenvalue weighted by atomic mass is 9.84. The molecule has 1 atom stereocenters. The summed E-state index contributed by atoms with van der Waals surface area (Å²) in [6, 6.07) is 13.9. The molecule has 1 aromatic carbocycles. The molecule has 136 valence electrons. The molecule has 2 aromatic rings. The highest BCUT2D eigenvalue weighted by Crippen LogP contribution is 2.42. The van der Waals surface area contributed by atoms with Gasteiger partial charge >= 0.3 is 0 Å². The first-order chi connectivity index (χ1) is 12.7. The number of rotatable bonds is 5. The molecule has 1 saturated carbocycles. The summed E-state index contributed by atoms with van der Waals surface area (Å²) in [5.41, 5.74) is 0.963. The summed E-state index contributed by atoms with van der Waals surface area (Å²) in [6.45, 7) is 1.16. The Morgan fingerprint density at radius 1 is 1.15 bits per heavy atom. The quantitative estimate of drug-likeness (QED) is 0.874. The van der Waals surface area contributed by atoms with Crippen LogP contribution in [-0.2, 0) is 15.0 Å². The van der Waals surface area contributed by atoms with Gasteiger partial charge in [0.1, 0.15) is 0 Å². The van der Waals surface area contributed by atoms with E-state index in [-0.39, 0.29) is 23.1 Å². The largest absolute Gasteiger partial charge is 0.355 e. The van der Waals surface area contributed by atoms with E-state index in [0.717, 1.165) is 18.5 Å². The zero-order valence-corrected chi connectivity index (χ0v) is 15.6. The minimum absolute atomic E-state index is 0.0135. The van der Waals surface area contributed by atoms with Crippen LogP contribution in [0.25, 0.3) is 0 Å². The molecule has 0 radical (unpaired) electrons. The number of anilines is 1. The van der Waals surface area contributed by atoms with Gasteiger partial charge in [0.15, 0.2) is 0 Å². The first kappa shape index (κ1) is 17.3. The summed E-state index contributed by atoms with van der Waals surface area (Å²) in [4.78, 5) is 28.2. The molecule has 1 saturated heterocycles. The molecular weight excluding hydrogens is 344 g/mol. The average molecular weight is 369 g/mol. The fraction of sp³-hybridized carbons (Fsp3) is 0.429. The summed E-state index contributed by atoms with van der Waals surface area (Å²) >= 11 is 1.79. The lowest BCUT2D eigenvalue weighted by molar-refractivity contribution is -0.126. The highest BCUT2D eigenvalue weighted by Gasteiger charge is 2.39. The normalized spacial score (nSPS) is 21.9. The molecule has 0 spiro atoms. The van der Waals surface area contributed by atoms with Crippen LogP contribution in [0, 0.1) is 5.92 Å². The summed E-state index contributed by atoms with van der Waals surface area (Å²) < 4.78 is 0. The Labute approximate surface area is 158 Å². The van der Waals surface area contributed by atoms with Crippen molar-refractivity contribution in [2.75, 3.05) is 18.0 Å². The van der Waals surface area contributed by atoms with Crippen molar-refractivity contribution in [1.82, 2.24) is 5.32 Å². The van der Waals surface area contributed by atoms with Gasteiger partial charge in [-0.15, -0.1) is 11.3 Å². The molecule has 5 heteroatoms. The van der Waals surface area contributed by atoms with Crippen molar-refractivity contribution in [2.24, 2.45) is 5.92 Å². The second kappa shape index (κ2) is 7.23. The number of para-hydroxylation sites is 1. The van der Waals surface area contributed by atoms with Gasteiger partial charge in [-0.2, -0.15) is 0 Å². The van der Waals surface area contributed by atoms with Crippen LogP contribution in [0.3, 0.4) is 0 Å². The molecule has 2 aliphatic rings. The topological polar surface area (TPSA) is 49.4 Å². The van der Waals surface area contributed by atoms with Crippen molar-refractivity contribution in [1.29, 1.82) is 0 Å². The van der Waals surface area contributed by atoms with Gasteiger partial charge in [-0.3, -0.25) is 9.59 Å². The number of amides is 2. The van der Waals surface area contributed by atoms with Gasteiger partial charge in [0.25, 0.3) is 0 Å². The highest BCUT2D eigenvalue weighted by molar-refractivity contribution is 7.10. The molecule has 4 nitrogen and oxygen atoms in total. The van der Waals surface area contributed by atoms with Crippen molar-refractivity contribution < 1.29 is 9.59 Å². The third-order valence-corrected chi connectivity index (χ3v) is 6.89. The average Bonchev–Trinajstić information content (AvgIpc) is 3.41. The summed E-state index contributed by atoms with van der Waals surface area (Å²) in [6.07, 6.45) is 5.00. The Hall–Kier alpha value is -2.14. The molecule has 2 amide bonds. The molecule has 2 fully saturated rings. The van der Waals surface area contributed by atoms with E-state index >= 15 is 0 Å². The van der Waals surface area contributed by atoms with Crippen LogP contribution in [0.5, 0.6) is 0 Å². The molecular formula is C21H24N2O2S. The zero-order chi connectivity index (χ0) is 18.0. The maximum atomic E-state index is 12.7. The van der Waals surface area contributed by atoms with Crippen LogP contribution in [0.15, 0.2) is 47.8 Å². The molecule has 1 aromatic heterocycles. The fourth-order valence-corrected chi connectivity index (χ4v) is 5.27. The number of benzene rings is 1. The van der Waals surface area contributed by atoms with E-state index in [1.807, 2.05) is 30.3 Å². The van der Waals surface area contributed by atoms with Crippen molar-refractivity contribution in [2.45, 2.75) is 37.5 Å². The maximum absolute atomic E-state index is 12.7. The monoisotopic (exact) mass is 368 g/mol. The fourth-order valence-electron chi connectivity index (χ4n) is 4.28. The Kier molecular flexibility index (Phi) is 4.81. The number of carbonyl (C=O) groups is 2.